The quantitative estimate of drug-likeness (QED) is 0.713. The fraction of sp³-hybridized carbons (Fsp3) is 0.708. The van der Waals surface area contributed by atoms with Gasteiger partial charge in [-0.05, 0) is 60.6 Å². The van der Waals surface area contributed by atoms with E-state index in [-0.39, 0.29) is 36.1 Å². The molecule has 5 nitrogen and oxygen atoms in total. The number of nitrogens with two attached hydrogens (primary N) is 1. The van der Waals surface area contributed by atoms with Gasteiger partial charge in [-0.1, -0.05) is 32.9 Å². The second-order valence-electron chi connectivity index (χ2n) is 10.4. The molecular weight excluding hydrogens is 433 g/mol. The molecule has 31 heavy (non-hydrogen) atoms. The van der Waals surface area contributed by atoms with Crippen molar-refractivity contribution in [1.82, 2.24) is 9.80 Å². The molecule has 2 N–H and O–H groups in total. The number of halogens is 2. The Morgan fingerprint density at radius 3 is 2.39 bits per heavy atom. The van der Waals surface area contributed by atoms with Gasteiger partial charge in [0.25, 0.3) is 0 Å². The molecule has 2 bridgehead atoms. The third-order valence-electron chi connectivity index (χ3n) is 7.40. The van der Waals surface area contributed by atoms with Gasteiger partial charge in [0.1, 0.15) is 5.75 Å². The number of methoxy groups -OCH3 is 1. The van der Waals surface area contributed by atoms with Gasteiger partial charge in [0.05, 0.1) is 13.2 Å². The molecule has 1 aromatic carbocycles. The van der Waals surface area contributed by atoms with E-state index in [0.717, 1.165) is 25.4 Å². The van der Waals surface area contributed by atoms with Crippen molar-refractivity contribution in [1.29, 1.82) is 0 Å². The fourth-order valence-electron chi connectivity index (χ4n) is 5.74. The van der Waals surface area contributed by atoms with Gasteiger partial charge in [-0.2, -0.15) is 0 Å². The average Bonchev–Trinajstić information content (AvgIpc) is 2.71. The Morgan fingerprint density at radius 1 is 1.10 bits per heavy atom. The summed E-state index contributed by atoms with van der Waals surface area (Å²) in [6.45, 7) is 8.99. The van der Waals surface area contributed by atoms with Crippen LogP contribution in [0.2, 0.25) is 0 Å². The van der Waals surface area contributed by atoms with Gasteiger partial charge in [-0.25, -0.2) is 0 Å². The first-order chi connectivity index (χ1) is 13.8. The van der Waals surface area contributed by atoms with Gasteiger partial charge in [0.15, 0.2) is 0 Å². The molecule has 3 fully saturated rings. The molecule has 4 rings (SSSR count). The zero-order valence-corrected chi connectivity index (χ0v) is 20.9. The van der Waals surface area contributed by atoms with Crippen LogP contribution in [0, 0.1) is 17.3 Å². The van der Waals surface area contributed by atoms with Crippen LogP contribution in [-0.2, 0) is 4.79 Å². The molecule has 176 valence electrons. The molecule has 0 spiro atoms. The molecule has 0 radical (unpaired) electrons. The zero-order chi connectivity index (χ0) is 20.8. The standard InChI is InChI=1S/C24H37N3O2.2ClH/c1-24(2,3)22(25)23(28)26-13-16-12-18(15-26)21-7-5-6-20(27(21)14-16)17-8-10-19(29-4)11-9-17;;/h8-11,16,18,20-22H,5-7,12-15,25H2,1-4H3;2*1H/t16-,18+,20+,21-,22+;;/m0../s1. The number of hydrogen-bond acceptors (Lipinski definition) is 4. The number of amides is 1. The summed E-state index contributed by atoms with van der Waals surface area (Å²) in [4.78, 5) is 17.9. The molecule has 7 heteroatoms. The molecule has 0 saturated carbocycles. The number of piperidine rings is 3. The number of carbonyl (C=O) groups excluding carboxylic acids is 1. The molecule has 0 aromatic heterocycles. The van der Waals surface area contributed by atoms with E-state index in [4.69, 9.17) is 10.5 Å². The molecule has 3 saturated heterocycles. The normalized spacial score (nSPS) is 29.1. The van der Waals surface area contributed by atoms with Crippen LogP contribution in [0.1, 0.15) is 58.1 Å². The monoisotopic (exact) mass is 471 g/mol. The van der Waals surface area contributed by atoms with Gasteiger partial charge in [-0.3, -0.25) is 9.69 Å². The summed E-state index contributed by atoms with van der Waals surface area (Å²) in [5.74, 6) is 2.18. The largest absolute Gasteiger partial charge is 0.497 e. The maximum absolute atomic E-state index is 13.1. The van der Waals surface area contributed by atoms with Crippen molar-refractivity contribution in [3.63, 3.8) is 0 Å². The van der Waals surface area contributed by atoms with E-state index in [1.54, 1.807) is 7.11 Å². The maximum atomic E-state index is 13.1. The Hall–Kier alpha value is -1.01. The molecule has 0 unspecified atom stereocenters. The first-order valence-corrected chi connectivity index (χ1v) is 11.2. The van der Waals surface area contributed by atoms with Crippen molar-refractivity contribution >= 4 is 30.7 Å². The Kier molecular flexibility index (Phi) is 8.71. The summed E-state index contributed by atoms with van der Waals surface area (Å²) in [6.07, 6.45) is 4.98. The zero-order valence-electron chi connectivity index (χ0n) is 19.3. The second-order valence-corrected chi connectivity index (χ2v) is 10.4. The lowest BCUT2D eigenvalue weighted by atomic mass is 9.73. The van der Waals surface area contributed by atoms with E-state index < -0.39 is 6.04 Å². The highest BCUT2D eigenvalue weighted by Crippen LogP contribution is 2.44. The number of fused-ring (bicyclic) bond motifs is 4. The Balaban J connectivity index is 0.00000171. The minimum Gasteiger partial charge on any atom is -0.497 e. The van der Waals surface area contributed by atoms with Crippen LogP contribution in [0.25, 0.3) is 0 Å². The van der Waals surface area contributed by atoms with Crippen LogP contribution >= 0.6 is 24.8 Å². The van der Waals surface area contributed by atoms with E-state index in [1.807, 2.05) is 0 Å². The lowest BCUT2D eigenvalue weighted by Gasteiger charge is -2.55. The van der Waals surface area contributed by atoms with Crippen LogP contribution in [0.4, 0.5) is 0 Å². The Morgan fingerprint density at radius 2 is 1.77 bits per heavy atom. The van der Waals surface area contributed by atoms with Crippen LogP contribution in [0.15, 0.2) is 24.3 Å². The topological polar surface area (TPSA) is 58.8 Å². The lowest BCUT2D eigenvalue weighted by molar-refractivity contribution is -0.142. The van der Waals surface area contributed by atoms with Crippen molar-refractivity contribution in [3.8, 4) is 5.75 Å². The molecule has 3 aliphatic rings. The Labute approximate surface area is 199 Å². The van der Waals surface area contributed by atoms with Crippen molar-refractivity contribution in [2.24, 2.45) is 23.0 Å². The molecule has 5 atom stereocenters. The lowest BCUT2D eigenvalue weighted by Crippen LogP contribution is -2.62. The highest BCUT2D eigenvalue weighted by Gasteiger charge is 2.46. The molecule has 1 aromatic rings. The van der Waals surface area contributed by atoms with Gasteiger partial charge >= 0.3 is 0 Å². The van der Waals surface area contributed by atoms with Crippen LogP contribution in [0.3, 0.4) is 0 Å². The maximum Gasteiger partial charge on any atom is 0.240 e. The number of rotatable bonds is 3. The number of benzene rings is 1. The predicted octanol–water partition coefficient (Wildman–Crippen LogP) is 4.29. The van der Waals surface area contributed by atoms with Crippen molar-refractivity contribution in [3.05, 3.63) is 29.8 Å². The van der Waals surface area contributed by atoms with Crippen LogP contribution < -0.4 is 10.5 Å². The smallest absolute Gasteiger partial charge is 0.240 e. The van der Waals surface area contributed by atoms with Crippen molar-refractivity contribution in [2.45, 2.75) is 64.6 Å². The van der Waals surface area contributed by atoms with E-state index >= 15 is 0 Å². The molecule has 1 amide bonds. The SMILES string of the molecule is COc1ccc([C@H]2CCC[C@H]3[C@@H]4C[C@@H](CN(C(=O)[C@@H](N)C(C)(C)C)C4)CN23)cc1.Cl.Cl. The number of hydrogen-bond donors (Lipinski definition) is 1. The average molecular weight is 473 g/mol. The second kappa shape index (κ2) is 10.3. The predicted molar refractivity (Wildman–Crippen MR) is 130 cm³/mol. The molecule has 3 aliphatic heterocycles. The number of ether oxygens (including phenoxy) is 1. The summed E-state index contributed by atoms with van der Waals surface area (Å²) in [6, 6.07) is 9.27. The number of carbonyl (C=O) groups is 1. The number of nitrogens with zero attached hydrogens (tertiary/aromatic N) is 2. The first-order valence-electron chi connectivity index (χ1n) is 11.2. The minimum absolute atomic E-state index is 0. The van der Waals surface area contributed by atoms with Gasteiger partial charge in [-0.15, -0.1) is 24.8 Å². The van der Waals surface area contributed by atoms with Crippen LogP contribution in [-0.4, -0.2) is 54.5 Å². The summed E-state index contributed by atoms with van der Waals surface area (Å²) in [7, 11) is 1.72. The minimum atomic E-state index is -0.421. The molecular formula is C24H39Cl2N3O2. The van der Waals surface area contributed by atoms with Crippen molar-refractivity contribution in [2.75, 3.05) is 26.7 Å². The highest BCUT2D eigenvalue weighted by molar-refractivity contribution is 5.85. The van der Waals surface area contributed by atoms with E-state index in [2.05, 4.69) is 54.8 Å². The summed E-state index contributed by atoms with van der Waals surface area (Å²) in [5, 5.41) is 0. The summed E-state index contributed by atoms with van der Waals surface area (Å²) in [5.41, 5.74) is 7.52. The van der Waals surface area contributed by atoms with E-state index in [1.165, 1.54) is 31.2 Å². The van der Waals surface area contributed by atoms with Gasteiger partial charge in [0, 0.05) is 31.7 Å². The van der Waals surface area contributed by atoms with E-state index in [9.17, 15) is 4.79 Å². The number of likely N-dealkylation sites (tertiary alicyclic amines) is 1. The van der Waals surface area contributed by atoms with Crippen LogP contribution in [0.5, 0.6) is 5.75 Å². The molecule has 0 aliphatic carbocycles. The molecule has 3 heterocycles. The fourth-order valence-corrected chi connectivity index (χ4v) is 5.74. The van der Waals surface area contributed by atoms with Gasteiger partial charge in [0.2, 0.25) is 5.91 Å². The third kappa shape index (κ3) is 5.32. The third-order valence-corrected chi connectivity index (χ3v) is 7.40. The Bertz CT molecular complexity index is 737. The summed E-state index contributed by atoms with van der Waals surface area (Å²) < 4.78 is 5.34. The van der Waals surface area contributed by atoms with E-state index in [0.29, 0.717) is 23.9 Å². The highest BCUT2D eigenvalue weighted by atomic mass is 35.5. The van der Waals surface area contributed by atoms with Crippen molar-refractivity contribution < 1.29 is 9.53 Å². The summed E-state index contributed by atoms with van der Waals surface area (Å²) >= 11 is 0. The van der Waals surface area contributed by atoms with Gasteiger partial charge < -0.3 is 15.4 Å². The first kappa shape index (κ1) is 26.2.